The summed E-state index contributed by atoms with van der Waals surface area (Å²) in [6.45, 7) is 2.17. The smallest absolute Gasteiger partial charge is 0.349 e. The van der Waals surface area contributed by atoms with E-state index in [0.717, 1.165) is 27.5 Å². The van der Waals surface area contributed by atoms with Gasteiger partial charge < -0.3 is 4.74 Å². The van der Waals surface area contributed by atoms with E-state index in [1.54, 1.807) is 6.92 Å². The molecule has 2 aromatic carbocycles. The second kappa shape index (κ2) is 6.53. The lowest BCUT2D eigenvalue weighted by atomic mass is 10.1. The molecule has 4 rings (SSSR count). The Kier molecular flexibility index (Phi) is 4.07. The van der Waals surface area contributed by atoms with E-state index in [9.17, 15) is 4.79 Å². The van der Waals surface area contributed by atoms with Gasteiger partial charge in [-0.2, -0.15) is 0 Å². The highest BCUT2D eigenvalue weighted by Gasteiger charge is 2.20. The molecular formula is C20H16N2O2S. The van der Waals surface area contributed by atoms with E-state index in [-0.39, 0.29) is 5.97 Å². The summed E-state index contributed by atoms with van der Waals surface area (Å²) in [5.74, 6) is -0.307. The zero-order valence-corrected chi connectivity index (χ0v) is 14.5. The number of carbonyl (C=O) groups is 1. The lowest BCUT2D eigenvalue weighted by Crippen LogP contribution is -2.02. The Morgan fingerprint density at radius 1 is 1.04 bits per heavy atom. The average molecular weight is 348 g/mol. The van der Waals surface area contributed by atoms with E-state index in [2.05, 4.69) is 12.1 Å². The van der Waals surface area contributed by atoms with Gasteiger partial charge in [0.05, 0.1) is 18.0 Å². The molecule has 4 aromatic rings. The number of thiazole rings is 1. The van der Waals surface area contributed by atoms with Crippen molar-refractivity contribution in [2.75, 3.05) is 6.61 Å². The zero-order chi connectivity index (χ0) is 17.2. The number of fused-ring (bicyclic) bond motifs is 1. The first-order valence-corrected chi connectivity index (χ1v) is 8.89. The monoisotopic (exact) mass is 348 g/mol. The standard InChI is InChI=1S/C20H16N2O2S/c1-2-24-19(23)16-13-22-18(15-11-7-4-8-12-15)17(21-20(22)25-16)14-9-5-3-6-10-14/h3-13H,2H2,1H3. The van der Waals surface area contributed by atoms with Crippen molar-refractivity contribution >= 4 is 22.3 Å². The van der Waals surface area contributed by atoms with Gasteiger partial charge in [0.15, 0.2) is 4.96 Å². The highest BCUT2D eigenvalue weighted by Crippen LogP contribution is 2.35. The van der Waals surface area contributed by atoms with Crippen LogP contribution in [0.2, 0.25) is 0 Å². The van der Waals surface area contributed by atoms with Crippen molar-refractivity contribution in [2.24, 2.45) is 0 Å². The van der Waals surface area contributed by atoms with Gasteiger partial charge in [0.2, 0.25) is 0 Å². The first-order valence-electron chi connectivity index (χ1n) is 8.07. The summed E-state index contributed by atoms with van der Waals surface area (Å²) in [7, 11) is 0. The van der Waals surface area contributed by atoms with Gasteiger partial charge in [-0.25, -0.2) is 9.78 Å². The molecule has 2 heterocycles. The average Bonchev–Trinajstić information content (AvgIpc) is 3.21. The maximum Gasteiger partial charge on any atom is 0.349 e. The molecule has 0 amide bonds. The SMILES string of the molecule is CCOC(=O)c1cn2c(-c3ccccc3)c(-c3ccccc3)nc2s1. The van der Waals surface area contributed by atoms with Crippen molar-refractivity contribution in [3.05, 3.63) is 71.7 Å². The molecule has 0 N–H and O–H groups in total. The van der Waals surface area contributed by atoms with Gasteiger partial charge >= 0.3 is 5.97 Å². The van der Waals surface area contributed by atoms with E-state index in [1.807, 2.05) is 59.1 Å². The zero-order valence-electron chi connectivity index (χ0n) is 13.7. The summed E-state index contributed by atoms with van der Waals surface area (Å²) in [4.78, 5) is 18.2. The van der Waals surface area contributed by atoms with Crippen LogP contribution in [0.15, 0.2) is 66.9 Å². The summed E-state index contributed by atoms with van der Waals surface area (Å²) in [5, 5.41) is 0. The van der Waals surface area contributed by atoms with Crippen LogP contribution in [-0.4, -0.2) is 22.0 Å². The fourth-order valence-electron chi connectivity index (χ4n) is 2.81. The van der Waals surface area contributed by atoms with Crippen LogP contribution in [0.1, 0.15) is 16.6 Å². The van der Waals surface area contributed by atoms with E-state index in [0.29, 0.717) is 11.5 Å². The molecular weight excluding hydrogens is 332 g/mol. The molecule has 5 heteroatoms. The molecule has 124 valence electrons. The molecule has 0 aliphatic rings. The number of imidazole rings is 1. The van der Waals surface area contributed by atoms with Gasteiger partial charge in [-0.1, -0.05) is 72.0 Å². The fraction of sp³-hybridized carbons (Fsp3) is 0.100. The van der Waals surface area contributed by atoms with Crippen molar-refractivity contribution in [2.45, 2.75) is 6.92 Å². The van der Waals surface area contributed by atoms with Crippen molar-refractivity contribution < 1.29 is 9.53 Å². The van der Waals surface area contributed by atoms with E-state index in [1.165, 1.54) is 11.3 Å². The third-order valence-electron chi connectivity index (χ3n) is 3.90. The summed E-state index contributed by atoms with van der Waals surface area (Å²) in [6, 6.07) is 20.2. The number of aromatic nitrogens is 2. The van der Waals surface area contributed by atoms with Gasteiger partial charge in [0.25, 0.3) is 0 Å². The Labute approximate surface area is 149 Å². The van der Waals surface area contributed by atoms with Crippen molar-refractivity contribution in [1.82, 2.24) is 9.38 Å². The first-order chi connectivity index (χ1) is 12.3. The Hall–Kier alpha value is -2.92. The van der Waals surface area contributed by atoms with Crippen molar-refractivity contribution in [3.8, 4) is 22.5 Å². The van der Waals surface area contributed by atoms with Crippen LogP contribution in [0.5, 0.6) is 0 Å². The van der Waals surface area contributed by atoms with E-state index >= 15 is 0 Å². The van der Waals surface area contributed by atoms with Crippen LogP contribution in [0.4, 0.5) is 0 Å². The quantitative estimate of drug-likeness (QED) is 0.492. The second-order valence-corrected chi connectivity index (χ2v) is 6.52. The lowest BCUT2D eigenvalue weighted by molar-refractivity contribution is 0.0531. The molecule has 0 spiro atoms. The number of esters is 1. The van der Waals surface area contributed by atoms with Crippen LogP contribution in [0, 0.1) is 0 Å². The number of benzene rings is 2. The van der Waals surface area contributed by atoms with Gasteiger partial charge in [-0.05, 0) is 6.92 Å². The molecule has 0 aliphatic carbocycles. The topological polar surface area (TPSA) is 43.6 Å². The third-order valence-corrected chi connectivity index (χ3v) is 4.86. The molecule has 0 radical (unpaired) electrons. The maximum atomic E-state index is 12.1. The molecule has 2 aromatic heterocycles. The largest absolute Gasteiger partial charge is 0.462 e. The van der Waals surface area contributed by atoms with Gasteiger partial charge in [-0.3, -0.25) is 4.40 Å². The summed E-state index contributed by atoms with van der Waals surface area (Å²) in [5.41, 5.74) is 4.00. The van der Waals surface area contributed by atoms with Crippen LogP contribution >= 0.6 is 11.3 Å². The minimum atomic E-state index is -0.307. The van der Waals surface area contributed by atoms with E-state index in [4.69, 9.17) is 9.72 Å². The highest BCUT2D eigenvalue weighted by atomic mass is 32.1. The van der Waals surface area contributed by atoms with Crippen LogP contribution in [-0.2, 0) is 4.74 Å². The lowest BCUT2D eigenvalue weighted by Gasteiger charge is -2.05. The Bertz CT molecular complexity index is 1020. The van der Waals surface area contributed by atoms with E-state index < -0.39 is 0 Å². The molecule has 4 nitrogen and oxygen atoms in total. The Morgan fingerprint density at radius 3 is 2.32 bits per heavy atom. The number of carbonyl (C=O) groups excluding carboxylic acids is 1. The predicted octanol–water partition coefficient (Wildman–Crippen LogP) is 4.91. The number of hydrogen-bond acceptors (Lipinski definition) is 4. The number of nitrogens with zero attached hydrogens (tertiary/aromatic N) is 2. The van der Waals surface area contributed by atoms with Crippen LogP contribution < -0.4 is 0 Å². The van der Waals surface area contributed by atoms with Crippen molar-refractivity contribution in [3.63, 3.8) is 0 Å². The normalized spacial score (nSPS) is 10.9. The Balaban J connectivity index is 1.94. The molecule has 0 fully saturated rings. The van der Waals surface area contributed by atoms with Gasteiger partial charge in [-0.15, -0.1) is 0 Å². The molecule has 0 bridgehead atoms. The summed E-state index contributed by atoms with van der Waals surface area (Å²) < 4.78 is 7.10. The molecule has 25 heavy (non-hydrogen) atoms. The fourth-order valence-corrected chi connectivity index (χ4v) is 3.69. The maximum absolute atomic E-state index is 12.1. The highest BCUT2D eigenvalue weighted by molar-refractivity contribution is 7.18. The molecule has 0 atom stereocenters. The summed E-state index contributed by atoms with van der Waals surface area (Å²) in [6.07, 6.45) is 1.82. The summed E-state index contributed by atoms with van der Waals surface area (Å²) >= 11 is 1.35. The van der Waals surface area contributed by atoms with Crippen LogP contribution in [0.25, 0.3) is 27.5 Å². The third kappa shape index (κ3) is 2.83. The second-order valence-electron chi connectivity index (χ2n) is 5.51. The molecule has 0 saturated heterocycles. The Morgan fingerprint density at radius 2 is 1.68 bits per heavy atom. The minimum Gasteiger partial charge on any atom is -0.462 e. The van der Waals surface area contributed by atoms with Crippen molar-refractivity contribution in [1.29, 1.82) is 0 Å². The molecule has 0 saturated carbocycles. The predicted molar refractivity (Wildman–Crippen MR) is 99.9 cm³/mol. The number of hydrogen-bond donors (Lipinski definition) is 0. The minimum absolute atomic E-state index is 0.307. The number of ether oxygens (including phenoxy) is 1. The first kappa shape index (κ1) is 15.6. The number of rotatable bonds is 4. The van der Waals surface area contributed by atoms with Gasteiger partial charge in [0, 0.05) is 17.3 Å². The molecule has 0 unspecified atom stereocenters. The molecule has 0 aliphatic heterocycles. The van der Waals surface area contributed by atoms with Crippen LogP contribution in [0.3, 0.4) is 0 Å². The van der Waals surface area contributed by atoms with Gasteiger partial charge in [0.1, 0.15) is 4.88 Å².